The van der Waals surface area contributed by atoms with E-state index in [2.05, 4.69) is 26.7 Å². The van der Waals surface area contributed by atoms with Crippen molar-refractivity contribution in [2.75, 3.05) is 32.9 Å². The van der Waals surface area contributed by atoms with E-state index in [9.17, 15) is 14.4 Å². The number of nitrogens with one attached hydrogen (secondary N) is 1. The standard InChI is InChI=1S/C35H65N5O4/c1-4-5-6-7-8-15-20-28-44-33(42)23-17-12-10-14-19-25-39(24-18-13-9-11-16-22-31(2)41)26-21-27-40-30-38-34(32(40)3)35(43)37-29-36/h30H,4-29,36H2,1-3H3,(H,37,43). The maximum Gasteiger partial charge on any atom is 0.305 e. The fourth-order valence-electron chi connectivity index (χ4n) is 5.56. The first-order valence-corrected chi connectivity index (χ1v) is 17.8. The molecule has 1 amide bonds. The van der Waals surface area contributed by atoms with Crippen molar-refractivity contribution >= 4 is 17.7 Å². The summed E-state index contributed by atoms with van der Waals surface area (Å²) in [5.41, 5.74) is 6.76. The van der Waals surface area contributed by atoms with Crippen LogP contribution < -0.4 is 11.1 Å². The Kier molecular flexibility index (Phi) is 24.5. The normalized spacial score (nSPS) is 11.3. The molecule has 1 heterocycles. The molecule has 0 bridgehead atoms. The second-order valence-electron chi connectivity index (χ2n) is 12.4. The average molecular weight is 620 g/mol. The van der Waals surface area contributed by atoms with Gasteiger partial charge in [-0.05, 0) is 72.0 Å². The van der Waals surface area contributed by atoms with Gasteiger partial charge in [0.15, 0.2) is 0 Å². The van der Waals surface area contributed by atoms with Gasteiger partial charge in [-0.2, -0.15) is 0 Å². The highest BCUT2D eigenvalue weighted by atomic mass is 16.5. The number of ketones is 1. The van der Waals surface area contributed by atoms with Gasteiger partial charge >= 0.3 is 5.97 Å². The lowest BCUT2D eigenvalue weighted by molar-refractivity contribution is -0.143. The molecular formula is C35H65N5O4. The van der Waals surface area contributed by atoms with Gasteiger partial charge < -0.3 is 30.0 Å². The Hall–Kier alpha value is -2.26. The summed E-state index contributed by atoms with van der Waals surface area (Å²) in [5.74, 6) is 0.0212. The smallest absolute Gasteiger partial charge is 0.305 e. The lowest BCUT2D eigenvalue weighted by Crippen LogP contribution is -2.30. The summed E-state index contributed by atoms with van der Waals surface area (Å²) in [6.07, 6.45) is 23.8. The van der Waals surface area contributed by atoms with Crippen LogP contribution in [0.5, 0.6) is 0 Å². The fraction of sp³-hybridized carbons (Fsp3) is 0.829. The quantitative estimate of drug-likeness (QED) is 0.0536. The minimum atomic E-state index is -0.228. The van der Waals surface area contributed by atoms with Crippen LogP contribution in [0, 0.1) is 6.92 Å². The molecule has 1 aromatic heterocycles. The van der Waals surface area contributed by atoms with Crippen LogP contribution in [0.1, 0.15) is 158 Å². The molecule has 0 fully saturated rings. The minimum Gasteiger partial charge on any atom is -0.466 e. The summed E-state index contributed by atoms with van der Waals surface area (Å²) < 4.78 is 7.47. The van der Waals surface area contributed by atoms with Crippen LogP contribution in [-0.2, 0) is 20.9 Å². The molecule has 3 N–H and O–H groups in total. The van der Waals surface area contributed by atoms with Crippen molar-refractivity contribution in [1.82, 2.24) is 19.8 Å². The number of imidazole rings is 1. The van der Waals surface area contributed by atoms with Crippen molar-refractivity contribution in [3.63, 3.8) is 0 Å². The molecule has 0 aliphatic rings. The third-order valence-electron chi connectivity index (χ3n) is 8.32. The molecule has 1 aromatic rings. The van der Waals surface area contributed by atoms with Gasteiger partial charge in [-0.3, -0.25) is 9.59 Å². The molecule has 0 unspecified atom stereocenters. The number of aryl methyl sites for hydroxylation is 1. The lowest BCUT2D eigenvalue weighted by atomic mass is 10.1. The highest BCUT2D eigenvalue weighted by Gasteiger charge is 2.14. The van der Waals surface area contributed by atoms with Crippen molar-refractivity contribution in [3.8, 4) is 0 Å². The Morgan fingerprint density at radius 1 is 0.795 bits per heavy atom. The number of aromatic nitrogens is 2. The summed E-state index contributed by atoms with van der Waals surface area (Å²) >= 11 is 0. The maximum atomic E-state index is 12.1. The molecule has 1 rings (SSSR count). The Labute approximate surface area is 268 Å². The van der Waals surface area contributed by atoms with E-state index in [0.29, 0.717) is 25.1 Å². The van der Waals surface area contributed by atoms with Crippen LogP contribution in [0.2, 0.25) is 0 Å². The average Bonchev–Trinajstić information content (AvgIpc) is 3.36. The molecule has 9 nitrogen and oxygen atoms in total. The lowest BCUT2D eigenvalue weighted by Gasteiger charge is -2.22. The summed E-state index contributed by atoms with van der Waals surface area (Å²) in [4.78, 5) is 42.2. The van der Waals surface area contributed by atoms with Gasteiger partial charge in [-0.1, -0.05) is 84.0 Å². The van der Waals surface area contributed by atoms with E-state index in [1.807, 2.05) is 6.92 Å². The first kappa shape index (κ1) is 39.8. The van der Waals surface area contributed by atoms with Crippen LogP contribution >= 0.6 is 0 Å². The van der Waals surface area contributed by atoms with Crippen LogP contribution in [0.15, 0.2) is 6.33 Å². The molecule has 0 aliphatic carbocycles. The number of amides is 1. The van der Waals surface area contributed by atoms with Crippen molar-refractivity contribution in [1.29, 1.82) is 0 Å². The summed E-state index contributed by atoms with van der Waals surface area (Å²) in [6.45, 7) is 10.5. The molecule has 254 valence electrons. The second kappa shape index (κ2) is 27.1. The van der Waals surface area contributed by atoms with Crippen LogP contribution in [0.3, 0.4) is 0 Å². The summed E-state index contributed by atoms with van der Waals surface area (Å²) in [7, 11) is 0. The molecule has 0 saturated carbocycles. The van der Waals surface area contributed by atoms with Gasteiger partial charge in [-0.15, -0.1) is 0 Å². The molecule has 9 heteroatoms. The SMILES string of the molecule is CCCCCCCCCOC(=O)CCCCCCCN(CCCCCCCC(C)=O)CCCn1cnc(C(=O)NCN)c1C. The number of unbranched alkanes of at least 4 members (excludes halogenated alkanes) is 14. The van der Waals surface area contributed by atoms with Gasteiger partial charge in [0.2, 0.25) is 0 Å². The Balaban J connectivity index is 2.28. The van der Waals surface area contributed by atoms with E-state index in [0.717, 1.165) is 89.7 Å². The Bertz CT molecular complexity index is 888. The predicted molar refractivity (Wildman–Crippen MR) is 180 cm³/mol. The number of nitrogens with zero attached hydrogens (tertiary/aromatic N) is 3. The predicted octanol–water partition coefficient (Wildman–Crippen LogP) is 7.09. The van der Waals surface area contributed by atoms with Crippen LogP contribution in [0.4, 0.5) is 0 Å². The fourth-order valence-corrected chi connectivity index (χ4v) is 5.56. The van der Waals surface area contributed by atoms with Crippen molar-refractivity contribution in [2.45, 2.75) is 156 Å². The number of nitrogens with two attached hydrogens (primary N) is 1. The van der Waals surface area contributed by atoms with Crippen LogP contribution in [0.25, 0.3) is 0 Å². The molecular weight excluding hydrogens is 554 g/mol. The molecule has 0 saturated heterocycles. The molecule has 0 aliphatic heterocycles. The highest BCUT2D eigenvalue weighted by molar-refractivity contribution is 5.93. The number of hydrogen-bond acceptors (Lipinski definition) is 7. The zero-order chi connectivity index (χ0) is 32.3. The summed E-state index contributed by atoms with van der Waals surface area (Å²) in [6, 6.07) is 0. The molecule has 0 atom stereocenters. The third-order valence-corrected chi connectivity index (χ3v) is 8.32. The number of carbonyl (C=O) groups is 3. The molecule has 0 spiro atoms. The maximum absolute atomic E-state index is 12.1. The molecule has 0 aromatic carbocycles. The Morgan fingerprint density at radius 3 is 1.95 bits per heavy atom. The number of hydrogen-bond donors (Lipinski definition) is 2. The zero-order valence-corrected chi connectivity index (χ0v) is 28.5. The number of rotatable bonds is 30. The van der Waals surface area contributed by atoms with E-state index < -0.39 is 0 Å². The first-order valence-electron chi connectivity index (χ1n) is 17.8. The number of carbonyl (C=O) groups excluding carboxylic acids is 3. The molecule has 0 radical (unpaired) electrons. The van der Waals surface area contributed by atoms with E-state index in [1.165, 1.54) is 57.8 Å². The van der Waals surface area contributed by atoms with Gasteiger partial charge in [0, 0.05) is 25.1 Å². The van der Waals surface area contributed by atoms with Crippen molar-refractivity contribution in [2.24, 2.45) is 5.73 Å². The van der Waals surface area contributed by atoms with Crippen LogP contribution in [-0.4, -0.2) is 65.0 Å². The third kappa shape index (κ3) is 20.7. The minimum absolute atomic E-state index is 0.0382. The van der Waals surface area contributed by atoms with Gasteiger partial charge in [-0.25, -0.2) is 4.98 Å². The summed E-state index contributed by atoms with van der Waals surface area (Å²) in [5, 5.41) is 2.62. The van der Waals surface area contributed by atoms with E-state index in [4.69, 9.17) is 10.5 Å². The van der Waals surface area contributed by atoms with Crippen molar-refractivity contribution < 1.29 is 19.1 Å². The van der Waals surface area contributed by atoms with E-state index in [-0.39, 0.29) is 24.3 Å². The monoisotopic (exact) mass is 620 g/mol. The second-order valence-corrected chi connectivity index (χ2v) is 12.4. The van der Waals surface area contributed by atoms with Crippen molar-refractivity contribution in [3.05, 3.63) is 17.7 Å². The number of esters is 1. The molecule has 44 heavy (non-hydrogen) atoms. The topological polar surface area (TPSA) is 120 Å². The Morgan fingerprint density at radius 2 is 1.34 bits per heavy atom. The zero-order valence-electron chi connectivity index (χ0n) is 28.5. The van der Waals surface area contributed by atoms with Gasteiger partial charge in [0.1, 0.15) is 11.5 Å². The largest absolute Gasteiger partial charge is 0.466 e. The number of Topliss-reactive ketones (excluding diaryl/α,β-unsaturated/α-hetero) is 1. The van der Waals surface area contributed by atoms with E-state index in [1.54, 1.807) is 13.3 Å². The highest BCUT2D eigenvalue weighted by Crippen LogP contribution is 2.12. The first-order chi connectivity index (χ1) is 21.4. The number of ether oxygens (including phenoxy) is 1. The van der Waals surface area contributed by atoms with Gasteiger partial charge in [0.05, 0.1) is 19.6 Å². The van der Waals surface area contributed by atoms with E-state index >= 15 is 0 Å². The van der Waals surface area contributed by atoms with Gasteiger partial charge in [0.25, 0.3) is 5.91 Å².